The fraction of sp³-hybridized carbons (Fsp3) is 0.433. The molecule has 2 aliphatic carbocycles. The van der Waals surface area contributed by atoms with Crippen LogP contribution in [0.4, 0.5) is 29.3 Å². The summed E-state index contributed by atoms with van der Waals surface area (Å²) >= 11 is 0. The SMILES string of the molecule is CCOc1ccc(/C(C#CC(F)(F)F)=C/c2ccc(NC(=O)OC(C)C3CC3)cc2)c(NC2CCCC2)c1. The van der Waals surface area contributed by atoms with Crippen LogP contribution in [0.15, 0.2) is 42.5 Å². The maximum Gasteiger partial charge on any atom is 0.458 e. The summed E-state index contributed by atoms with van der Waals surface area (Å²) in [7, 11) is 0. The topological polar surface area (TPSA) is 59.6 Å². The van der Waals surface area contributed by atoms with E-state index in [1.54, 1.807) is 42.5 Å². The van der Waals surface area contributed by atoms with Gasteiger partial charge >= 0.3 is 12.3 Å². The third kappa shape index (κ3) is 8.20. The minimum absolute atomic E-state index is 0.131. The molecule has 2 N–H and O–H groups in total. The zero-order valence-electron chi connectivity index (χ0n) is 21.7. The van der Waals surface area contributed by atoms with Gasteiger partial charge in [0.2, 0.25) is 0 Å². The van der Waals surface area contributed by atoms with Crippen molar-refractivity contribution in [2.45, 2.75) is 70.7 Å². The van der Waals surface area contributed by atoms with Crippen molar-refractivity contribution in [2.24, 2.45) is 5.92 Å². The first-order chi connectivity index (χ1) is 18.2. The lowest BCUT2D eigenvalue weighted by Crippen LogP contribution is -2.21. The van der Waals surface area contributed by atoms with Crippen molar-refractivity contribution in [2.75, 3.05) is 17.2 Å². The van der Waals surface area contributed by atoms with Gasteiger partial charge in [-0.15, -0.1) is 0 Å². The number of ether oxygens (including phenoxy) is 2. The lowest BCUT2D eigenvalue weighted by Gasteiger charge is -2.19. The molecule has 2 fully saturated rings. The van der Waals surface area contributed by atoms with Gasteiger partial charge in [-0.25, -0.2) is 4.79 Å². The van der Waals surface area contributed by atoms with Crippen molar-refractivity contribution in [1.29, 1.82) is 0 Å². The standard InChI is InChI=1S/C30H33F3N2O3/c1-3-37-26-14-15-27(28(19-26)34-24-6-4-5-7-24)23(16-17-30(31,32)33)18-21-8-12-25(13-9-21)35-29(36)38-20(2)22-10-11-22/h8-9,12-15,18-20,22,24,34H,3-7,10-11H2,1-2H3,(H,35,36)/b23-18+. The third-order valence-electron chi connectivity index (χ3n) is 6.69. The van der Waals surface area contributed by atoms with E-state index in [2.05, 4.69) is 16.6 Å². The predicted molar refractivity (Wildman–Crippen MR) is 144 cm³/mol. The molecule has 0 bridgehead atoms. The number of hydrogen-bond donors (Lipinski definition) is 2. The van der Waals surface area contributed by atoms with E-state index in [1.165, 1.54) is 5.92 Å². The summed E-state index contributed by atoms with van der Waals surface area (Å²) in [6, 6.07) is 12.3. The number of alkyl halides is 3. The summed E-state index contributed by atoms with van der Waals surface area (Å²) < 4.78 is 50.3. The first-order valence-electron chi connectivity index (χ1n) is 13.1. The molecule has 0 radical (unpaired) electrons. The fourth-order valence-corrected chi connectivity index (χ4v) is 4.55. The molecule has 0 saturated heterocycles. The maximum absolute atomic E-state index is 13.1. The van der Waals surface area contributed by atoms with Crippen molar-refractivity contribution in [3.05, 3.63) is 53.6 Å². The molecule has 202 valence electrons. The second kappa shape index (κ2) is 12.3. The summed E-state index contributed by atoms with van der Waals surface area (Å²) in [6.07, 6.45) is 2.70. The minimum atomic E-state index is -4.63. The van der Waals surface area contributed by atoms with Crippen LogP contribution in [0.3, 0.4) is 0 Å². The Bertz CT molecular complexity index is 1200. The highest BCUT2D eigenvalue weighted by atomic mass is 19.4. The van der Waals surface area contributed by atoms with E-state index in [0.717, 1.165) is 38.5 Å². The van der Waals surface area contributed by atoms with Gasteiger partial charge in [0, 0.05) is 40.5 Å². The molecule has 5 nitrogen and oxygen atoms in total. The smallest absolute Gasteiger partial charge is 0.458 e. The zero-order valence-corrected chi connectivity index (χ0v) is 21.7. The molecule has 1 amide bonds. The number of nitrogens with one attached hydrogen (secondary N) is 2. The summed E-state index contributed by atoms with van der Waals surface area (Å²) in [5, 5.41) is 6.20. The van der Waals surface area contributed by atoms with Crippen molar-refractivity contribution < 1.29 is 27.4 Å². The van der Waals surface area contributed by atoms with Gasteiger partial charge in [-0.1, -0.05) is 30.9 Å². The average molecular weight is 527 g/mol. The van der Waals surface area contributed by atoms with Gasteiger partial charge in [0.25, 0.3) is 0 Å². The van der Waals surface area contributed by atoms with Crippen LogP contribution < -0.4 is 15.4 Å². The Kier molecular flexibility index (Phi) is 8.88. The van der Waals surface area contributed by atoms with Gasteiger partial charge in [-0.3, -0.25) is 5.32 Å². The molecular weight excluding hydrogens is 493 g/mol. The summed E-state index contributed by atoms with van der Waals surface area (Å²) in [6.45, 7) is 4.24. The Labute approximate surface area is 221 Å². The molecule has 2 aliphatic rings. The van der Waals surface area contributed by atoms with Crippen LogP contribution in [0, 0.1) is 17.8 Å². The van der Waals surface area contributed by atoms with Gasteiger partial charge < -0.3 is 14.8 Å². The van der Waals surface area contributed by atoms with Gasteiger partial charge in [0.1, 0.15) is 11.9 Å². The molecular formula is C30H33F3N2O3. The van der Waals surface area contributed by atoms with E-state index in [0.29, 0.717) is 40.8 Å². The largest absolute Gasteiger partial charge is 0.494 e. The number of rotatable bonds is 9. The molecule has 4 rings (SSSR count). The molecule has 1 atom stereocenters. The number of halogens is 3. The van der Waals surface area contributed by atoms with Crippen molar-refractivity contribution >= 4 is 29.1 Å². The van der Waals surface area contributed by atoms with E-state index in [-0.39, 0.29) is 17.7 Å². The van der Waals surface area contributed by atoms with Crippen LogP contribution in [-0.2, 0) is 4.74 Å². The van der Waals surface area contributed by atoms with Crippen molar-refractivity contribution in [3.8, 4) is 17.6 Å². The highest BCUT2D eigenvalue weighted by Gasteiger charge is 2.30. The first kappa shape index (κ1) is 27.4. The van der Waals surface area contributed by atoms with E-state index in [1.807, 2.05) is 19.9 Å². The van der Waals surface area contributed by atoms with Crippen molar-refractivity contribution in [1.82, 2.24) is 0 Å². The fourth-order valence-electron chi connectivity index (χ4n) is 4.55. The molecule has 2 saturated carbocycles. The van der Waals surface area contributed by atoms with Crippen LogP contribution in [0.25, 0.3) is 11.6 Å². The average Bonchev–Trinajstić information content (AvgIpc) is 3.60. The summed E-state index contributed by atoms with van der Waals surface area (Å²) in [5.41, 5.74) is 2.66. The second-order valence-electron chi connectivity index (χ2n) is 9.77. The van der Waals surface area contributed by atoms with Gasteiger partial charge in [0.15, 0.2) is 0 Å². The normalized spacial score (nSPS) is 16.8. The molecule has 2 aromatic rings. The lowest BCUT2D eigenvalue weighted by molar-refractivity contribution is -0.0696. The van der Waals surface area contributed by atoms with Crippen molar-refractivity contribution in [3.63, 3.8) is 0 Å². The highest BCUT2D eigenvalue weighted by molar-refractivity contribution is 5.96. The zero-order chi connectivity index (χ0) is 27.1. The molecule has 0 aliphatic heterocycles. The number of benzene rings is 2. The highest BCUT2D eigenvalue weighted by Crippen LogP contribution is 2.35. The number of carbonyl (C=O) groups excluding carboxylic acids is 1. The minimum Gasteiger partial charge on any atom is -0.494 e. The molecule has 2 aromatic carbocycles. The van der Waals surface area contributed by atoms with Gasteiger partial charge in [-0.2, -0.15) is 13.2 Å². The first-order valence-corrected chi connectivity index (χ1v) is 13.1. The van der Waals surface area contributed by atoms with E-state index >= 15 is 0 Å². The van der Waals surface area contributed by atoms with Gasteiger partial charge in [-0.05, 0) is 81.4 Å². The summed E-state index contributed by atoms with van der Waals surface area (Å²) in [4.78, 5) is 12.1. The molecule has 1 unspecified atom stereocenters. The monoisotopic (exact) mass is 526 g/mol. The number of anilines is 2. The van der Waals surface area contributed by atoms with Crippen LogP contribution in [0.2, 0.25) is 0 Å². The van der Waals surface area contributed by atoms with Crippen LogP contribution in [0.5, 0.6) is 5.75 Å². The van der Waals surface area contributed by atoms with Crippen LogP contribution in [-0.4, -0.2) is 31.0 Å². The Morgan fingerprint density at radius 2 is 1.82 bits per heavy atom. The van der Waals surface area contributed by atoms with E-state index < -0.39 is 12.3 Å². The summed E-state index contributed by atoms with van der Waals surface area (Å²) in [5.74, 6) is 4.83. The van der Waals surface area contributed by atoms with Crippen LogP contribution >= 0.6 is 0 Å². The molecule has 0 aromatic heterocycles. The Morgan fingerprint density at radius 1 is 1.11 bits per heavy atom. The third-order valence-corrected chi connectivity index (χ3v) is 6.69. The Morgan fingerprint density at radius 3 is 2.45 bits per heavy atom. The molecule has 8 heteroatoms. The van der Waals surface area contributed by atoms with E-state index in [9.17, 15) is 18.0 Å². The second-order valence-corrected chi connectivity index (χ2v) is 9.77. The quantitative estimate of drug-likeness (QED) is 0.258. The number of allylic oxidation sites excluding steroid dienone is 1. The number of amides is 1. The predicted octanol–water partition coefficient (Wildman–Crippen LogP) is 7.89. The number of hydrogen-bond acceptors (Lipinski definition) is 4. The molecule has 38 heavy (non-hydrogen) atoms. The molecule has 0 spiro atoms. The lowest BCUT2D eigenvalue weighted by atomic mass is 10.00. The molecule has 0 heterocycles. The van der Waals surface area contributed by atoms with E-state index in [4.69, 9.17) is 9.47 Å². The maximum atomic E-state index is 13.1. The van der Waals surface area contributed by atoms with Gasteiger partial charge in [0.05, 0.1) is 6.61 Å². The number of carbonyl (C=O) groups is 1. The Hall–Kier alpha value is -3.60. The van der Waals surface area contributed by atoms with Crippen LogP contribution in [0.1, 0.15) is 63.5 Å². The Balaban J connectivity index is 1.60.